The molecule has 0 aromatic heterocycles. The second-order valence-electron chi connectivity index (χ2n) is 2.96. The third kappa shape index (κ3) is 3.27. The number of hydrogen-bond acceptors (Lipinski definition) is 5. The van der Waals surface area contributed by atoms with Gasteiger partial charge in [0.2, 0.25) is 0 Å². The van der Waals surface area contributed by atoms with Crippen LogP contribution in [0.4, 0.5) is 0 Å². The van der Waals surface area contributed by atoms with Crippen molar-refractivity contribution in [3.05, 3.63) is 30.3 Å². The van der Waals surface area contributed by atoms with Crippen molar-refractivity contribution in [2.45, 2.75) is 0 Å². The molecule has 0 fully saturated rings. The molecule has 0 saturated carbocycles. The van der Waals surface area contributed by atoms with Crippen molar-refractivity contribution in [3.63, 3.8) is 0 Å². The second kappa shape index (κ2) is 4.91. The van der Waals surface area contributed by atoms with E-state index < -0.39 is 7.82 Å². The van der Waals surface area contributed by atoms with Crippen LogP contribution in [0, 0.1) is 0 Å². The maximum atomic E-state index is 11.6. The molecule has 0 amide bonds. The van der Waals surface area contributed by atoms with Crippen LogP contribution in [0.25, 0.3) is 0 Å². The maximum Gasteiger partial charge on any atom is 0.586 e. The van der Waals surface area contributed by atoms with Gasteiger partial charge in [-0.15, -0.1) is 0 Å². The zero-order chi connectivity index (χ0) is 11.4. The van der Waals surface area contributed by atoms with Crippen molar-refractivity contribution in [3.8, 4) is 5.75 Å². The Labute approximate surface area is 97.1 Å². The Hall–Kier alpha value is -0.970. The fourth-order valence-corrected chi connectivity index (χ4v) is 2.82. The summed E-state index contributed by atoms with van der Waals surface area (Å²) in [5, 5.41) is 0.210. The van der Waals surface area contributed by atoms with Crippen LogP contribution in [0.5, 0.6) is 5.75 Å². The Morgan fingerprint density at radius 3 is 2.69 bits per heavy atom. The molecule has 1 N–H and O–H groups in total. The standard InChI is InChI=1S/C9H10NO4PS/c11-15(12,14-9-10-6-7-16-9)13-8-4-2-1-3-5-8/h1-5H,6-7H2,(H,11,12). The first-order chi connectivity index (χ1) is 7.66. The Morgan fingerprint density at radius 1 is 1.31 bits per heavy atom. The number of thioether (sulfide) groups is 1. The Kier molecular flexibility index (Phi) is 3.53. The van der Waals surface area contributed by atoms with Crippen LogP contribution in [0.15, 0.2) is 35.3 Å². The van der Waals surface area contributed by atoms with E-state index in [1.807, 2.05) is 0 Å². The summed E-state index contributed by atoms with van der Waals surface area (Å²) >= 11 is 1.30. The molecule has 1 aromatic carbocycles. The Bertz CT molecular complexity index is 436. The summed E-state index contributed by atoms with van der Waals surface area (Å²) in [4.78, 5) is 13.4. The third-order valence-electron chi connectivity index (χ3n) is 1.72. The molecular formula is C9H10NO4PS. The molecule has 1 atom stereocenters. The average Bonchev–Trinajstić information content (AvgIpc) is 2.70. The summed E-state index contributed by atoms with van der Waals surface area (Å²) in [5.41, 5.74) is 0. The smallest absolute Gasteiger partial charge is 0.395 e. The van der Waals surface area contributed by atoms with Crippen LogP contribution in [0.3, 0.4) is 0 Å². The molecule has 1 heterocycles. The van der Waals surface area contributed by atoms with E-state index in [0.29, 0.717) is 6.54 Å². The van der Waals surface area contributed by atoms with Crippen molar-refractivity contribution >= 4 is 24.8 Å². The maximum absolute atomic E-state index is 11.6. The quantitative estimate of drug-likeness (QED) is 0.843. The number of rotatable bonds is 3. The van der Waals surface area contributed by atoms with Crippen molar-refractivity contribution in [1.82, 2.24) is 0 Å². The molecular weight excluding hydrogens is 249 g/mol. The molecule has 1 aliphatic rings. The molecule has 7 heteroatoms. The van der Waals surface area contributed by atoms with E-state index in [4.69, 9.17) is 9.05 Å². The van der Waals surface area contributed by atoms with Crippen LogP contribution in [0.2, 0.25) is 0 Å². The van der Waals surface area contributed by atoms with Crippen LogP contribution in [-0.2, 0) is 9.09 Å². The third-order valence-corrected chi connectivity index (χ3v) is 3.53. The summed E-state index contributed by atoms with van der Waals surface area (Å²) in [6.07, 6.45) is 0. The summed E-state index contributed by atoms with van der Waals surface area (Å²) < 4.78 is 21.2. The SMILES string of the molecule is O=P(O)(OC1=NCCS1)Oc1ccccc1. The minimum atomic E-state index is -4.12. The summed E-state index contributed by atoms with van der Waals surface area (Å²) in [6.45, 7) is 0.603. The van der Waals surface area contributed by atoms with E-state index in [1.54, 1.807) is 30.3 Å². The first-order valence-electron chi connectivity index (χ1n) is 4.60. The monoisotopic (exact) mass is 259 g/mol. The fourth-order valence-electron chi connectivity index (χ4n) is 1.10. The number of para-hydroxylation sites is 1. The van der Waals surface area contributed by atoms with Gasteiger partial charge in [0.05, 0.1) is 6.54 Å². The van der Waals surface area contributed by atoms with E-state index in [-0.39, 0.29) is 11.0 Å². The van der Waals surface area contributed by atoms with Gasteiger partial charge in [-0.25, -0.2) is 9.56 Å². The lowest BCUT2D eigenvalue weighted by Crippen LogP contribution is -2.01. The lowest BCUT2D eigenvalue weighted by atomic mass is 10.3. The lowest BCUT2D eigenvalue weighted by Gasteiger charge is -2.12. The Balaban J connectivity index is 2.00. The van der Waals surface area contributed by atoms with E-state index in [1.165, 1.54) is 11.8 Å². The van der Waals surface area contributed by atoms with E-state index >= 15 is 0 Å². The summed E-state index contributed by atoms with van der Waals surface area (Å²) in [7, 11) is -4.12. The molecule has 86 valence electrons. The first-order valence-corrected chi connectivity index (χ1v) is 7.08. The summed E-state index contributed by atoms with van der Waals surface area (Å²) in [5.74, 6) is 1.05. The van der Waals surface area contributed by atoms with Crippen molar-refractivity contribution in [2.75, 3.05) is 12.3 Å². The number of aliphatic imine (C=N–C) groups is 1. The molecule has 16 heavy (non-hydrogen) atoms. The molecule has 0 saturated heterocycles. The first kappa shape index (κ1) is 11.5. The van der Waals surface area contributed by atoms with E-state index in [0.717, 1.165) is 5.75 Å². The van der Waals surface area contributed by atoms with Gasteiger partial charge in [-0.1, -0.05) is 30.0 Å². The van der Waals surface area contributed by atoms with Crippen molar-refractivity contribution < 1.29 is 18.5 Å². The molecule has 1 unspecified atom stereocenters. The molecule has 0 bridgehead atoms. The zero-order valence-electron chi connectivity index (χ0n) is 8.28. The Morgan fingerprint density at radius 2 is 2.06 bits per heavy atom. The number of nitrogens with zero attached hydrogens (tertiary/aromatic N) is 1. The van der Waals surface area contributed by atoms with Gasteiger partial charge in [-0.3, -0.25) is 4.89 Å². The highest BCUT2D eigenvalue weighted by Crippen LogP contribution is 2.45. The van der Waals surface area contributed by atoms with Crippen molar-refractivity contribution in [1.29, 1.82) is 0 Å². The number of benzene rings is 1. The minimum Gasteiger partial charge on any atom is -0.395 e. The molecule has 0 radical (unpaired) electrons. The predicted octanol–water partition coefficient (Wildman–Crippen LogP) is 2.29. The van der Waals surface area contributed by atoms with Crippen LogP contribution < -0.4 is 4.52 Å². The minimum absolute atomic E-state index is 0.210. The number of phosphoric ester groups is 1. The molecule has 0 aliphatic carbocycles. The molecule has 5 nitrogen and oxygen atoms in total. The van der Waals surface area contributed by atoms with Gasteiger partial charge < -0.3 is 9.05 Å². The number of phosphoric acid groups is 1. The molecule has 0 spiro atoms. The van der Waals surface area contributed by atoms with Crippen LogP contribution >= 0.6 is 19.6 Å². The van der Waals surface area contributed by atoms with Gasteiger partial charge in [-0.2, -0.15) is 0 Å². The van der Waals surface area contributed by atoms with Gasteiger partial charge in [0.25, 0.3) is 5.23 Å². The van der Waals surface area contributed by atoms with Gasteiger partial charge in [0.1, 0.15) is 5.75 Å². The highest BCUT2D eigenvalue weighted by atomic mass is 32.2. The van der Waals surface area contributed by atoms with Gasteiger partial charge in [-0.05, 0) is 12.1 Å². The topological polar surface area (TPSA) is 68.1 Å². The largest absolute Gasteiger partial charge is 0.586 e. The fraction of sp³-hybridized carbons (Fsp3) is 0.222. The highest BCUT2D eigenvalue weighted by Gasteiger charge is 2.28. The predicted molar refractivity (Wildman–Crippen MR) is 62.7 cm³/mol. The van der Waals surface area contributed by atoms with Crippen molar-refractivity contribution in [2.24, 2.45) is 4.99 Å². The summed E-state index contributed by atoms with van der Waals surface area (Å²) in [6, 6.07) is 8.35. The second-order valence-corrected chi connectivity index (χ2v) is 5.31. The highest BCUT2D eigenvalue weighted by molar-refractivity contribution is 8.14. The van der Waals surface area contributed by atoms with E-state index in [9.17, 15) is 9.46 Å². The average molecular weight is 259 g/mol. The van der Waals surface area contributed by atoms with Crippen LogP contribution in [-0.4, -0.2) is 22.4 Å². The van der Waals surface area contributed by atoms with Gasteiger partial charge >= 0.3 is 7.82 Å². The lowest BCUT2D eigenvalue weighted by molar-refractivity contribution is 0.289. The zero-order valence-corrected chi connectivity index (χ0v) is 9.99. The van der Waals surface area contributed by atoms with Gasteiger partial charge in [0.15, 0.2) is 0 Å². The molecule has 1 aromatic rings. The molecule has 2 rings (SSSR count). The number of hydrogen-bond donors (Lipinski definition) is 1. The molecule has 1 aliphatic heterocycles. The van der Waals surface area contributed by atoms with Crippen LogP contribution in [0.1, 0.15) is 0 Å². The normalized spacial score (nSPS) is 18.7. The van der Waals surface area contributed by atoms with E-state index in [2.05, 4.69) is 4.99 Å². The van der Waals surface area contributed by atoms with Gasteiger partial charge in [0, 0.05) is 5.75 Å².